The number of morpholine rings is 1. The van der Waals surface area contributed by atoms with Gasteiger partial charge in [0, 0.05) is 6.54 Å². The first kappa shape index (κ1) is 15.2. The maximum Gasteiger partial charge on any atom is 0.326 e. The molecule has 1 saturated heterocycles. The number of aliphatic carboxylic acids is 1. The molecule has 0 aromatic rings. The van der Waals surface area contributed by atoms with Crippen LogP contribution in [0.15, 0.2) is 0 Å². The van der Waals surface area contributed by atoms with Crippen molar-refractivity contribution in [2.45, 2.75) is 32.4 Å². The summed E-state index contributed by atoms with van der Waals surface area (Å²) < 4.78 is 5.13. The largest absolute Gasteiger partial charge is 0.480 e. The molecule has 0 spiro atoms. The molecule has 2 N–H and O–H groups in total. The minimum Gasteiger partial charge on any atom is -0.480 e. The summed E-state index contributed by atoms with van der Waals surface area (Å²) in [4.78, 5) is 24.5. The molecule has 1 heterocycles. The fourth-order valence-electron chi connectivity index (χ4n) is 1.82. The van der Waals surface area contributed by atoms with Crippen molar-refractivity contribution in [3.8, 4) is 6.07 Å². The van der Waals surface area contributed by atoms with Crippen LogP contribution in [0.4, 0.5) is 4.79 Å². The fourth-order valence-corrected chi connectivity index (χ4v) is 1.82. The molecule has 1 fully saturated rings. The van der Waals surface area contributed by atoms with Gasteiger partial charge in [-0.1, -0.05) is 20.3 Å². The third-order valence-electron chi connectivity index (χ3n) is 3.26. The Morgan fingerprint density at radius 1 is 1.63 bits per heavy atom. The first-order valence-corrected chi connectivity index (χ1v) is 6.29. The number of ether oxygens (including phenoxy) is 1. The summed E-state index contributed by atoms with van der Waals surface area (Å²) in [5.74, 6) is -1.21. The lowest BCUT2D eigenvalue weighted by molar-refractivity contribution is -0.140. The highest BCUT2D eigenvalue weighted by atomic mass is 16.5. The average Bonchev–Trinajstić information content (AvgIpc) is 2.43. The molecular formula is C12H19N3O4. The number of nitriles is 1. The van der Waals surface area contributed by atoms with E-state index in [2.05, 4.69) is 5.32 Å². The van der Waals surface area contributed by atoms with Gasteiger partial charge in [0.25, 0.3) is 0 Å². The predicted octanol–water partition coefficient (Wildman–Crippen LogP) is 0.420. The lowest BCUT2D eigenvalue weighted by Crippen LogP contribution is -2.54. The second-order valence-corrected chi connectivity index (χ2v) is 4.59. The third-order valence-corrected chi connectivity index (χ3v) is 3.26. The summed E-state index contributed by atoms with van der Waals surface area (Å²) in [6, 6.07) is 0.561. The maximum absolute atomic E-state index is 12.0. The summed E-state index contributed by atoms with van der Waals surface area (Å²) >= 11 is 0. The van der Waals surface area contributed by atoms with Crippen LogP contribution in [0.25, 0.3) is 0 Å². The van der Waals surface area contributed by atoms with Crippen molar-refractivity contribution in [3.05, 3.63) is 0 Å². The number of hydrogen-bond donors (Lipinski definition) is 2. The number of carbonyl (C=O) groups excluding carboxylic acids is 1. The molecular weight excluding hydrogens is 250 g/mol. The number of nitrogens with zero attached hydrogens (tertiary/aromatic N) is 2. The Balaban J connectivity index is 2.62. The summed E-state index contributed by atoms with van der Waals surface area (Å²) in [6.07, 6.45) is 0.00707. The number of rotatable bonds is 4. The Morgan fingerprint density at radius 3 is 2.84 bits per heavy atom. The molecule has 0 aliphatic carbocycles. The van der Waals surface area contributed by atoms with E-state index in [4.69, 9.17) is 15.1 Å². The quantitative estimate of drug-likeness (QED) is 0.770. The number of hydrogen-bond acceptors (Lipinski definition) is 4. The standard InChI is InChI=1S/C12H19N3O4/c1-3-8(2)10(11(16)17)14-12(18)15-4-5-19-9(6-13)7-15/h8-10H,3-5,7H2,1-2H3,(H,14,18)(H,16,17). The van der Waals surface area contributed by atoms with Crippen LogP contribution >= 0.6 is 0 Å². The lowest BCUT2D eigenvalue weighted by atomic mass is 9.99. The van der Waals surface area contributed by atoms with E-state index in [-0.39, 0.29) is 19.1 Å². The van der Waals surface area contributed by atoms with E-state index in [1.54, 1.807) is 6.92 Å². The molecule has 1 rings (SSSR count). The number of carbonyl (C=O) groups is 2. The molecule has 3 unspecified atom stereocenters. The van der Waals surface area contributed by atoms with Gasteiger partial charge in [0.15, 0.2) is 6.10 Å². The van der Waals surface area contributed by atoms with E-state index in [0.29, 0.717) is 13.0 Å². The number of amides is 2. The fraction of sp³-hybridized carbons (Fsp3) is 0.750. The van der Waals surface area contributed by atoms with Gasteiger partial charge in [0.1, 0.15) is 6.04 Å². The van der Waals surface area contributed by atoms with Crippen LogP contribution in [-0.2, 0) is 9.53 Å². The maximum atomic E-state index is 12.0. The van der Waals surface area contributed by atoms with E-state index in [0.717, 1.165) is 0 Å². The SMILES string of the molecule is CCC(C)C(NC(=O)N1CCOC(C#N)C1)C(=O)O. The van der Waals surface area contributed by atoms with Gasteiger partial charge in [-0.25, -0.2) is 9.59 Å². The van der Waals surface area contributed by atoms with Crippen LogP contribution in [0.2, 0.25) is 0 Å². The van der Waals surface area contributed by atoms with E-state index in [1.807, 2.05) is 13.0 Å². The topological polar surface area (TPSA) is 103 Å². The molecule has 1 aliphatic heterocycles. The molecule has 106 valence electrons. The zero-order valence-electron chi connectivity index (χ0n) is 11.1. The zero-order valence-corrected chi connectivity index (χ0v) is 11.1. The average molecular weight is 269 g/mol. The van der Waals surface area contributed by atoms with Gasteiger partial charge < -0.3 is 20.1 Å². The van der Waals surface area contributed by atoms with Crippen LogP contribution in [0.1, 0.15) is 20.3 Å². The molecule has 7 nitrogen and oxygen atoms in total. The van der Waals surface area contributed by atoms with Gasteiger partial charge >= 0.3 is 12.0 Å². The van der Waals surface area contributed by atoms with Crippen molar-refractivity contribution in [1.82, 2.24) is 10.2 Å². The third kappa shape index (κ3) is 4.10. The van der Waals surface area contributed by atoms with Gasteiger partial charge in [-0.05, 0) is 5.92 Å². The predicted molar refractivity (Wildman–Crippen MR) is 66.3 cm³/mol. The number of carboxylic acid groups (broad SMARTS) is 1. The Labute approximate surface area is 112 Å². The van der Waals surface area contributed by atoms with Crippen molar-refractivity contribution >= 4 is 12.0 Å². The molecule has 0 radical (unpaired) electrons. The monoisotopic (exact) mass is 269 g/mol. The lowest BCUT2D eigenvalue weighted by Gasteiger charge is -2.31. The van der Waals surface area contributed by atoms with E-state index in [1.165, 1.54) is 4.90 Å². The van der Waals surface area contributed by atoms with Gasteiger partial charge in [-0.2, -0.15) is 5.26 Å². The van der Waals surface area contributed by atoms with Crippen molar-refractivity contribution in [1.29, 1.82) is 5.26 Å². The van der Waals surface area contributed by atoms with Crippen molar-refractivity contribution < 1.29 is 19.4 Å². The van der Waals surface area contributed by atoms with Crippen LogP contribution in [-0.4, -0.2) is 53.8 Å². The highest BCUT2D eigenvalue weighted by Crippen LogP contribution is 2.10. The van der Waals surface area contributed by atoms with Gasteiger partial charge in [-0.15, -0.1) is 0 Å². The Hall–Kier alpha value is -1.81. The first-order chi connectivity index (χ1) is 8.99. The summed E-state index contributed by atoms with van der Waals surface area (Å²) in [5.41, 5.74) is 0. The highest BCUT2D eigenvalue weighted by Gasteiger charge is 2.30. The molecule has 3 atom stereocenters. The molecule has 0 aromatic carbocycles. The summed E-state index contributed by atoms with van der Waals surface area (Å²) in [6.45, 7) is 4.45. The second-order valence-electron chi connectivity index (χ2n) is 4.59. The smallest absolute Gasteiger partial charge is 0.326 e. The Kier molecular flexibility index (Phi) is 5.57. The molecule has 2 amide bonds. The Bertz CT molecular complexity index is 380. The van der Waals surface area contributed by atoms with Crippen LogP contribution in [0.5, 0.6) is 0 Å². The first-order valence-electron chi connectivity index (χ1n) is 6.29. The molecule has 19 heavy (non-hydrogen) atoms. The highest BCUT2D eigenvalue weighted by molar-refractivity contribution is 5.82. The van der Waals surface area contributed by atoms with Crippen LogP contribution in [0.3, 0.4) is 0 Å². The molecule has 0 aromatic heterocycles. The van der Waals surface area contributed by atoms with Crippen LogP contribution in [0, 0.1) is 17.2 Å². The minimum absolute atomic E-state index is 0.158. The normalized spacial score (nSPS) is 22.2. The molecule has 1 aliphatic rings. The second kappa shape index (κ2) is 6.95. The Morgan fingerprint density at radius 2 is 2.32 bits per heavy atom. The number of nitrogens with one attached hydrogen (secondary N) is 1. The van der Waals surface area contributed by atoms with E-state index >= 15 is 0 Å². The zero-order chi connectivity index (χ0) is 14.4. The van der Waals surface area contributed by atoms with Gasteiger partial charge in [0.05, 0.1) is 19.2 Å². The number of urea groups is 1. The van der Waals surface area contributed by atoms with E-state index < -0.39 is 24.1 Å². The molecule has 7 heteroatoms. The van der Waals surface area contributed by atoms with E-state index in [9.17, 15) is 9.59 Å². The van der Waals surface area contributed by atoms with Crippen molar-refractivity contribution in [3.63, 3.8) is 0 Å². The number of carboxylic acids is 1. The summed E-state index contributed by atoms with van der Waals surface area (Å²) in [7, 11) is 0. The molecule has 0 saturated carbocycles. The molecule has 0 bridgehead atoms. The van der Waals surface area contributed by atoms with Crippen molar-refractivity contribution in [2.24, 2.45) is 5.92 Å². The summed E-state index contributed by atoms with van der Waals surface area (Å²) in [5, 5.41) is 20.4. The minimum atomic E-state index is -1.05. The van der Waals surface area contributed by atoms with Crippen LogP contribution < -0.4 is 5.32 Å². The van der Waals surface area contributed by atoms with Gasteiger partial charge in [0.2, 0.25) is 0 Å². The van der Waals surface area contributed by atoms with Crippen molar-refractivity contribution in [2.75, 3.05) is 19.7 Å². The van der Waals surface area contributed by atoms with Gasteiger partial charge in [-0.3, -0.25) is 0 Å².